The summed E-state index contributed by atoms with van der Waals surface area (Å²) in [5.74, 6) is -2.21. The highest BCUT2D eigenvalue weighted by Crippen LogP contribution is 2.57. The SMILES string of the molecule is Cc1cc(F)cc(N[C@H]2CCCCC/C=C\[C@@H]3C[C@@]3(C(=O)O)CC(=O)[C@@H]3C[C@@H](O)CN3C2=O)c1. The number of aryl methyl sites for hydroxylation is 1. The number of aliphatic hydroxyl groups is 1. The van der Waals surface area contributed by atoms with E-state index in [4.69, 9.17) is 0 Å². The van der Waals surface area contributed by atoms with Crippen molar-refractivity contribution in [1.29, 1.82) is 0 Å². The molecule has 0 spiro atoms. The molecule has 1 aromatic carbocycles. The molecule has 34 heavy (non-hydrogen) atoms. The predicted octanol–water partition coefficient (Wildman–Crippen LogP) is 3.45. The number of carbonyl (C=O) groups is 3. The Kier molecular flexibility index (Phi) is 7.07. The molecule has 2 fully saturated rings. The molecule has 8 heteroatoms. The molecular formula is C26H33FN2O5. The third-order valence-electron chi connectivity index (χ3n) is 7.40. The molecule has 4 rings (SSSR count). The third kappa shape index (κ3) is 5.17. The van der Waals surface area contributed by atoms with Crippen LogP contribution < -0.4 is 5.32 Å². The number of hydrogen-bond acceptors (Lipinski definition) is 5. The highest BCUT2D eigenvalue weighted by atomic mass is 19.1. The second-order valence-electron chi connectivity index (χ2n) is 10.1. The molecule has 0 bridgehead atoms. The van der Waals surface area contributed by atoms with Crippen LogP contribution in [0.4, 0.5) is 10.1 Å². The van der Waals surface area contributed by atoms with E-state index in [2.05, 4.69) is 5.32 Å². The first-order valence-corrected chi connectivity index (χ1v) is 12.1. The lowest BCUT2D eigenvalue weighted by Gasteiger charge is -2.29. The molecule has 7 nitrogen and oxygen atoms in total. The van der Waals surface area contributed by atoms with Crippen LogP contribution in [-0.2, 0) is 14.4 Å². The monoisotopic (exact) mass is 472 g/mol. The van der Waals surface area contributed by atoms with Crippen molar-refractivity contribution in [2.75, 3.05) is 11.9 Å². The van der Waals surface area contributed by atoms with Crippen molar-refractivity contribution in [3.63, 3.8) is 0 Å². The van der Waals surface area contributed by atoms with Crippen molar-refractivity contribution < 1.29 is 29.0 Å². The van der Waals surface area contributed by atoms with Crippen molar-refractivity contribution in [2.45, 2.75) is 76.5 Å². The maximum atomic E-state index is 14.0. The summed E-state index contributed by atoms with van der Waals surface area (Å²) in [6.45, 7) is 1.80. The largest absolute Gasteiger partial charge is 0.481 e. The molecule has 184 valence electrons. The quantitative estimate of drug-likeness (QED) is 0.582. The van der Waals surface area contributed by atoms with Crippen LogP contribution in [0, 0.1) is 24.1 Å². The van der Waals surface area contributed by atoms with Gasteiger partial charge in [0.25, 0.3) is 0 Å². The van der Waals surface area contributed by atoms with Gasteiger partial charge in [-0.15, -0.1) is 0 Å². The number of aliphatic carboxylic acids is 1. The minimum atomic E-state index is -1.12. The Hall–Kier alpha value is -2.74. The van der Waals surface area contributed by atoms with E-state index in [-0.39, 0.29) is 37.0 Å². The Bertz CT molecular complexity index is 975. The number of carboxylic acid groups (broad SMARTS) is 1. The Morgan fingerprint density at radius 3 is 2.74 bits per heavy atom. The van der Waals surface area contributed by atoms with E-state index in [1.165, 1.54) is 17.0 Å². The zero-order valence-electron chi connectivity index (χ0n) is 19.5. The Labute approximate surface area is 199 Å². The molecule has 0 radical (unpaired) electrons. The van der Waals surface area contributed by atoms with Crippen LogP contribution in [0.2, 0.25) is 0 Å². The first-order chi connectivity index (χ1) is 16.2. The van der Waals surface area contributed by atoms with Gasteiger partial charge in [0, 0.05) is 25.1 Å². The van der Waals surface area contributed by atoms with Gasteiger partial charge >= 0.3 is 5.97 Å². The molecule has 3 aliphatic rings. The highest BCUT2D eigenvalue weighted by molar-refractivity contribution is 5.96. The van der Waals surface area contributed by atoms with E-state index in [1.54, 1.807) is 13.0 Å². The van der Waals surface area contributed by atoms with Gasteiger partial charge in [0.15, 0.2) is 5.78 Å². The number of amides is 1. The molecule has 2 heterocycles. The van der Waals surface area contributed by atoms with Gasteiger partial charge in [0.2, 0.25) is 5.91 Å². The van der Waals surface area contributed by atoms with Gasteiger partial charge in [-0.3, -0.25) is 14.4 Å². The van der Waals surface area contributed by atoms with E-state index in [0.29, 0.717) is 18.5 Å². The predicted molar refractivity (Wildman–Crippen MR) is 125 cm³/mol. The summed E-state index contributed by atoms with van der Waals surface area (Å²) in [7, 11) is 0. The minimum absolute atomic E-state index is 0.0268. The van der Waals surface area contributed by atoms with Gasteiger partial charge in [-0.25, -0.2) is 4.39 Å². The van der Waals surface area contributed by atoms with Gasteiger partial charge in [-0.05, 0) is 62.3 Å². The average molecular weight is 473 g/mol. The van der Waals surface area contributed by atoms with E-state index < -0.39 is 35.4 Å². The number of rotatable bonds is 3. The molecular weight excluding hydrogens is 439 g/mol. The standard InChI is InChI=1S/C26H33FN2O5/c1-16-9-18(27)11-19(10-16)28-21-8-6-4-2-3-5-7-17-13-26(17,25(33)34)14-23(31)22-12-20(30)15-29(22)24(21)32/h5,7,9-11,17,20-22,28,30H,2-4,6,8,12-15H2,1H3,(H,33,34)/b7-5-/t17-,20-,21+,22+,26-/m1/s1. The van der Waals surface area contributed by atoms with Crippen LogP contribution in [0.15, 0.2) is 30.4 Å². The molecule has 1 aliphatic carbocycles. The van der Waals surface area contributed by atoms with Crippen molar-refractivity contribution in [1.82, 2.24) is 4.90 Å². The lowest BCUT2D eigenvalue weighted by atomic mass is 9.92. The number of Topliss-reactive ketones (excluding diaryl/α,β-unsaturated/α-hetero) is 1. The fourth-order valence-electron chi connectivity index (χ4n) is 5.43. The highest BCUT2D eigenvalue weighted by Gasteiger charge is 2.61. The van der Waals surface area contributed by atoms with Crippen molar-refractivity contribution in [2.24, 2.45) is 11.3 Å². The number of nitrogens with zero attached hydrogens (tertiary/aromatic N) is 1. The van der Waals surface area contributed by atoms with Crippen LogP contribution in [0.5, 0.6) is 0 Å². The number of halogens is 1. The summed E-state index contributed by atoms with van der Waals surface area (Å²) >= 11 is 0. The van der Waals surface area contributed by atoms with Crippen LogP contribution in [0.25, 0.3) is 0 Å². The summed E-state index contributed by atoms with van der Waals surface area (Å²) < 4.78 is 14.0. The topological polar surface area (TPSA) is 107 Å². The normalized spacial score (nSPS) is 33.3. The van der Waals surface area contributed by atoms with Crippen LogP contribution in [0.1, 0.15) is 56.9 Å². The van der Waals surface area contributed by atoms with Crippen LogP contribution in [-0.4, -0.2) is 57.5 Å². The number of aliphatic hydroxyl groups excluding tert-OH is 1. The van der Waals surface area contributed by atoms with Crippen molar-refractivity contribution >= 4 is 23.3 Å². The smallest absolute Gasteiger partial charge is 0.310 e. The van der Waals surface area contributed by atoms with E-state index in [1.807, 2.05) is 12.2 Å². The van der Waals surface area contributed by atoms with Gasteiger partial charge in [-0.2, -0.15) is 0 Å². The van der Waals surface area contributed by atoms with Crippen LogP contribution >= 0.6 is 0 Å². The zero-order chi connectivity index (χ0) is 24.5. The molecule has 1 saturated heterocycles. The Morgan fingerprint density at radius 2 is 2.00 bits per heavy atom. The number of carboxylic acids is 1. The Morgan fingerprint density at radius 1 is 1.21 bits per heavy atom. The number of hydrogen-bond donors (Lipinski definition) is 3. The summed E-state index contributed by atoms with van der Waals surface area (Å²) in [6.07, 6.45) is 7.33. The Balaban J connectivity index is 1.60. The summed E-state index contributed by atoms with van der Waals surface area (Å²) in [5, 5.41) is 23.3. The molecule has 1 amide bonds. The first-order valence-electron chi connectivity index (χ1n) is 12.1. The van der Waals surface area contributed by atoms with Gasteiger partial charge < -0.3 is 20.4 Å². The number of nitrogens with one attached hydrogen (secondary N) is 1. The second-order valence-corrected chi connectivity index (χ2v) is 10.1. The average Bonchev–Trinajstić information content (AvgIpc) is 3.31. The molecule has 3 N–H and O–H groups in total. The number of anilines is 1. The lowest BCUT2D eigenvalue weighted by Crippen LogP contribution is -2.48. The molecule has 1 saturated carbocycles. The summed E-state index contributed by atoms with van der Waals surface area (Å²) in [6, 6.07) is 2.98. The second kappa shape index (κ2) is 9.86. The number of benzene rings is 1. The molecule has 1 aromatic rings. The van der Waals surface area contributed by atoms with E-state index in [0.717, 1.165) is 31.2 Å². The molecule has 0 unspecified atom stereocenters. The number of carbonyl (C=O) groups excluding carboxylic acids is 2. The fraction of sp³-hybridized carbons (Fsp3) is 0.577. The zero-order valence-corrected chi connectivity index (χ0v) is 19.5. The van der Waals surface area contributed by atoms with E-state index in [9.17, 15) is 29.0 Å². The number of fused-ring (bicyclic) bond motifs is 2. The van der Waals surface area contributed by atoms with Crippen molar-refractivity contribution in [3.8, 4) is 0 Å². The van der Waals surface area contributed by atoms with Crippen molar-refractivity contribution in [3.05, 3.63) is 41.7 Å². The van der Waals surface area contributed by atoms with Crippen LogP contribution in [0.3, 0.4) is 0 Å². The summed E-state index contributed by atoms with van der Waals surface area (Å²) in [4.78, 5) is 40.3. The molecule has 5 atom stereocenters. The first kappa shape index (κ1) is 24.4. The fourth-order valence-corrected chi connectivity index (χ4v) is 5.43. The number of allylic oxidation sites excluding steroid dienone is 2. The maximum absolute atomic E-state index is 14.0. The molecule has 2 aliphatic heterocycles. The van der Waals surface area contributed by atoms with Gasteiger partial charge in [-0.1, -0.05) is 25.0 Å². The van der Waals surface area contributed by atoms with E-state index >= 15 is 0 Å². The molecule has 0 aromatic heterocycles. The maximum Gasteiger partial charge on any atom is 0.310 e. The summed E-state index contributed by atoms with van der Waals surface area (Å²) in [5.41, 5.74) is 0.0960. The third-order valence-corrected chi connectivity index (χ3v) is 7.40. The van der Waals surface area contributed by atoms with Gasteiger partial charge in [0.05, 0.1) is 17.6 Å². The number of ketones is 1. The minimum Gasteiger partial charge on any atom is -0.481 e. The lowest BCUT2D eigenvalue weighted by molar-refractivity contribution is -0.147. The van der Waals surface area contributed by atoms with Gasteiger partial charge in [0.1, 0.15) is 11.9 Å².